The van der Waals surface area contributed by atoms with Crippen LogP contribution in [0.2, 0.25) is 0 Å². The number of rotatable bonds is 0. The van der Waals surface area contributed by atoms with Crippen LogP contribution in [-0.2, 0) is 21.8 Å². The van der Waals surface area contributed by atoms with E-state index in [0.717, 1.165) is 0 Å². The van der Waals surface area contributed by atoms with Gasteiger partial charge in [0.15, 0.2) is 0 Å². The topological polar surface area (TPSA) is 17.1 Å². The maximum absolute atomic E-state index is 8.38. The molecule has 0 fully saturated rings. The molecular weight excluding hydrogens is 117 g/mol. The third-order valence-electron chi connectivity index (χ3n) is 0. The van der Waals surface area contributed by atoms with Gasteiger partial charge in [-0.3, -0.25) is 0 Å². The van der Waals surface area contributed by atoms with Crippen molar-refractivity contribution in [3.05, 3.63) is 12.7 Å². The minimum atomic E-state index is 0.125. The van der Waals surface area contributed by atoms with Crippen LogP contribution >= 0.6 is 0 Å². The predicted octanol–water partition coefficient (Wildman–Crippen LogP) is 1.07. The molecule has 0 amide bonds. The van der Waals surface area contributed by atoms with E-state index in [-0.39, 0.29) is 18.3 Å². The zero-order valence-electron chi connectivity index (χ0n) is 3.40. The average Bonchev–Trinajstić information content (AvgIpc) is 1.46. The molecule has 0 aromatic rings. The van der Waals surface area contributed by atoms with E-state index in [0.29, 0.717) is 0 Å². The zero-order valence-corrected chi connectivity index (χ0v) is 6.37. The van der Waals surface area contributed by atoms with Crippen molar-refractivity contribution in [2.75, 3.05) is 0 Å². The Labute approximate surface area is 42.0 Å². The van der Waals surface area contributed by atoms with Crippen molar-refractivity contribution in [1.82, 2.24) is 0 Å². The first kappa shape index (κ1) is 8.94. The fourth-order valence-corrected chi connectivity index (χ4v) is 0. The molecule has 0 aliphatic heterocycles. The van der Waals surface area contributed by atoms with Gasteiger partial charge in [0, 0.05) is 0 Å². The van der Waals surface area contributed by atoms with Crippen molar-refractivity contribution in [3.63, 3.8) is 0 Å². The summed E-state index contributed by atoms with van der Waals surface area (Å²) in [6.45, 7) is 5.25. The third kappa shape index (κ3) is 730. The number of hydrogen-bond donors (Lipinski definition) is 0. The van der Waals surface area contributed by atoms with Crippen molar-refractivity contribution in [2.24, 2.45) is 0 Å². The Bertz CT molecular complexity index is 20.9. The van der Waals surface area contributed by atoms with Crippen LogP contribution < -0.4 is 0 Å². The zero-order chi connectivity index (χ0) is 4.71. The first-order valence-electron chi connectivity index (χ1n) is 1.27. The third-order valence-corrected chi connectivity index (χ3v) is 0. The molecule has 0 rings (SSSR count). The normalized spacial score (nSPS) is 3.80. The van der Waals surface area contributed by atoms with Crippen molar-refractivity contribution in [3.8, 4) is 0 Å². The molecule has 0 saturated carbocycles. The van der Waals surface area contributed by atoms with Crippen molar-refractivity contribution in [2.45, 2.75) is 6.92 Å². The van der Waals surface area contributed by atoms with Crippen LogP contribution in [0.1, 0.15) is 6.92 Å². The Kier molecular flexibility index (Phi) is 55.1. The van der Waals surface area contributed by atoms with Crippen molar-refractivity contribution < 1.29 is 21.8 Å². The van der Waals surface area contributed by atoms with E-state index < -0.39 is 0 Å². The summed E-state index contributed by atoms with van der Waals surface area (Å²) in [7, 11) is 0. The molecule has 26 valence electrons. The van der Waals surface area contributed by atoms with Crippen LogP contribution in [0, 0.1) is 0 Å². The molecule has 0 aromatic carbocycles. The molecule has 0 aliphatic carbocycles. The summed E-state index contributed by atoms with van der Waals surface area (Å²) in [6, 6.07) is 0. The fraction of sp³-hybridized carbons (Fsp3) is 0.333. The van der Waals surface area contributed by atoms with Crippen LogP contribution in [0.15, 0.2) is 12.7 Å². The van der Waals surface area contributed by atoms with Crippen molar-refractivity contribution >= 4 is 0 Å². The second-order valence-corrected chi connectivity index (χ2v) is 0.408. The van der Waals surface area contributed by atoms with Gasteiger partial charge in [-0.15, -0.1) is 6.58 Å². The van der Waals surface area contributed by atoms with Gasteiger partial charge >= 0.3 is 21.8 Å². The molecule has 0 unspecified atom stereocenters. The first-order chi connectivity index (χ1) is 2.41. The van der Waals surface area contributed by atoms with Gasteiger partial charge in [0.25, 0.3) is 0 Å². The van der Waals surface area contributed by atoms with Gasteiger partial charge in [0.05, 0.1) is 0 Å². The number of allylic oxidation sites excluding steroid dienone is 1. The molecule has 0 spiro atoms. The van der Waals surface area contributed by atoms with E-state index >= 15 is 0 Å². The summed E-state index contributed by atoms with van der Waals surface area (Å²) in [5.74, 6) is 0. The second-order valence-electron chi connectivity index (χ2n) is 0.408. The molecule has 1 nitrogen and oxygen atoms in total. The van der Waals surface area contributed by atoms with Crippen molar-refractivity contribution in [1.29, 1.82) is 0 Å². The Balaban J connectivity index is 0. The standard InChI is InChI=1S/C3H6.O.Zn/c1-3-2;;/h3H,1H2,2H3;;. The van der Waals surface area contributed by atoms with Crippen LogP contribution in [0.5, 0.6) is 0 Å². The van der Waals surface area contributed by atoms with Crippen LogP contribution in [0.25, 0.3) is 0 Å². The second kappa shape index (κ2) is 30.8. The molecule has 0 saturated heterocycles. The van der Waals surface area contributed by atoms with E-state index in [1.165, 1.54) is 0 Å². The van der Waals surface area contributed by atoms with E-state index in [4.69, 9.17) is 3.57 Å². The molecule has 0 atom stereocenters. The minimum absolute atomic E-state index is 0.125. The van der Waals surface area contributed by atoms with Crippen LogP contribution in [0.4, 0.5) is 0 Å². The van der Waals surface area contributed by atoms with Gasteiger partial charge in [-0.05, 0) is 6.92 Å². The molecule has 5 heavy (non-hydrogen) atoms. The number of hydrogen-bond acceptors (Lipinski definition) is 1. The van der Waals surface area contributed by atoms with Gasteiger partial charge in [0.2, 0.25) is 0 Å². The Morgan fingerprint density at radius 2 is 1.80 bits per heavy atom. The van der Waals surface area contributed by atoms with E-state index in [9.17, 15) is 0 Å². The molecule has 0 radical (unpaired) electrons. The predicted molar refractivity (Wildman–Crippen MR) is 16.6 cm³/mol. The maximum atomic E-state index is 8.38. The van der Waals surface area contributed by atoms with E-state index in [1.807, 2.05) is 6.92 Å². The summed E-state index contributed by atoms with van der Waals surface area (Å²) in [4.78, 5) is 0. The summed E-state index contributed by atoms with van der Waals surface area (Å²) >= 11 is 0.125. The van der Waals surface area contributed by atoms with Gasteiger partial charge in [0.1, 0.15) is 0 Å². The summed E-state index contributed by atoms with van der Waals surface area (Å²) in [5.41, 5.74) is 0. The molecule has 2 heteroatoms. The summed E-state index contributed by atoms with van der Waals surface area (Å²) in [5, 5.41) is 0. The molecule has 0 aromatic heterocycles. The molecule has 0 bridgehead atoms. The van der Waals surface area contributed by atoms with Gasteiger partial charge in [-0.25, -0.2) is 0 Å². The Morgan fingerprint density at radius 1 is 1.80 bits per heavy atom. The molecule has 0 heterocycles. The molecule has 0 aliphatic rings. The van der Waals surface area contributed by atoms with Gasteiger partial charge in [-0.1, -0.05) is 6.08 Å². The SMILES string of the molecule is C=CC.[O]=[Zn]. The Hall–Kier alpha value is 0.163. The summed E-state index contributed by atoms with van der Waals surface area (Å²) < 4.78 is 8.38. The summed E-state index contributed by atoms with van der Waals surface area (Å²) in [6.07, 6.45) is 1.75. The quantitative estimate of drug-likeness (QED) is 0.348. The van der Waals surface area contributed by atoms with Gasteiger partial charge < -0.3 is 0 Å². The van der Waals surface area contributed by atoms with E-state index in [2.05, 4.69) is 6.58 Å². The Morgan fingerprint density at radius 3 is 1.80 bits per heavy atom. The first-order valence-corrected chi connectivity index (χ1v) is 2.49. The van der Waals surface area contributed by atoms with Crippen LogP contribution in [0.3, 0.4) is 0 Å². The fourth-order valence-electron chi connectivity index (χ4n) is 0. The molecule has 0 N–H and O–H groups in total. The average molecular weight is 123 g/mol. The van der Waals surface area contributed by atoms with E-state index in [1.54, 1.807) is 6.08 Å². The molecular formula is C3H6OZn. The van der Waals surface area contributed by atoms with Gasteiger partial charge in [-0.2, -0.15) is 0 Å². The monoisotopic (exact) mass is 122 g/mol. The van der Waals surface area contributed by atoms with Crippen LogP contribution in [-0.4, -0.2) is 0 Å².